The number of benzene rings is 1. The van der Waals surface area contributed by atoms with Crippen molar-refractivity contribution in [3.63, 3.8) is 0 Å². The molecule has 2 rings (SSSR count). The van der Waals surface area contributed by atoms with Crippen molar-refractivity contribution in [2.75, 3.05) is 0 Å². The quantitative estimate of drug-likeness (QED) is 0.402. The Morgan fingerprint density at radius 1 is 1.23 bits per heavy atom. The van der Waals surface area contributed by atoms with Crippen molar-refractivity contribution in [1.29, 1.82) is 0 Å². The molecule has 1 saturated heterocycles. The molecular weight excluding hydrogens is 326 g/mol. The standard InChI is InChI=1S/C22H31NO3/c1-4-6-7-8-10-16-19(13-5-2)21(24)23-17(3)20(26-22(23)25)18-14-11-9-12-15-18/h5,9,11-12,14-15,17,19-20H,2,4,6-8,10,13,16H2,1,3H3/t17-,19-,20-/m1/s1. The molecule has 2 amide bonds. The second-order valence-corrected chi connectivity index (χ2v) is 7.09. The van der Waals surface area contributed by atoms with Gasteiger partial charge in [-0.25, -0.2) is 9.69 Å². The lowest BCUT2D eigenvalue weighted by molar-refractivity contribution is -0.133. The molecule has 26 heavy (non-hydrogen) atoms. The number of rotatable bonds is 10. The molecule has 0 aliphatic carbocycles. The highest BCUT2D eigenvalue weighted by Gasteiger charge is 2.44. The summed E-state index contributed by atoms with van der Waals surface area (Å²) in [6, 6.07) is 9.31. The average Bonchev–Trinajstić information content (AvgIpc) is 2.95. The summed E-state index contributed by atoms with van der Waals surface area (Å²) >= 11 is 0. The highest BCUT2D eigenvalue weighted by Crippen LogP contribution is 2.34. The normalized spacial score (nSPS) is 20.7. The number of carbonyl (C=O) groups is 2. The van der Waals surface area contributed by atoms with Crippen LogP contribution in [-0.2, 0) is 9.53 Å². The summed E-state index contributed by atoms with van der Waals surface area (Å²) in [6.07, 6.45) is 7.99. The van der Waals surface area contributed by atoms with Gasteiger partial charge in [-0.05, 0) is 25.3 Å². The lowest BCUT2D eigenvalue weighted by atomic mass is 9.94. The average molecular weight is 357 g/mol. The number of nitrogens with zero attached hydrogens (tertiary/aromatic N) is 1. The van der Waals surface area contributed by atoms with E-state index in [0.717, 1.165) is 24.8 Å². The lowest BCUT2D eigenvalue weighted by Gasteiger charge is -2.24. The van der Waals surface area contributed by atoms with E-state index in [0.29, 0.717) is 6.42 Å². The fraction of sp³-hybridized carbons (Fsp3) is 0.545. The van der Waals surface area contributed by atoms with Gasteiger partial charge in [-0.2, -0.15) is 0 Å². The van der Waals surface area contributed by atoms with Gasteiger partial charge in [-0.3, -0.25) is 4.79 Å². The van der Waals surface area contributed by atoms with Crippen LogP contribution in [0.15, 0.2) is 43.0 Å². The van der Waals surface area contributed by atoms with Crippen LogP contribution in [0.3, 0.4) is 0 Å². The molecule has 1 aromatic carbocycles. The fourth-order valence-electron chi connectivity index (χ4n) is 3.58. The van der Waals surface area contributed by atoms with Gasteiger partial charge in [0.1, 0.15) is 6.10 Å². The second-order valence-electron chi connectivity index (χ2n) is 7.09. The van der Waals surface area contributed by atoms with Crippen molar-refractivity contribution in [1.82, 2.24) is 4.90 Å². The Kier molecular flexibility index (Phi) is 7.89. The Balaban J connectivity index is 2.02. The zero-order chi connectivity index (χ0) is 18.9. The third-order valence-corrected chi connectivity index (χ3v) is 5.09. The van der Waals surface area contributed by atoms with E-state index in [4.69, 9.17) is 4.74 Å². The van der Waals surface area contributed by atoms with Gasteiger partial charge in [0.2, 0.25) is 5.91 Å². The maximum atomic E-state index is 13.0. The minimum Gasteiger partial charge on any atom is -0.439 e. The summed E-state index contributed by atoms with van der Waals surface area (Å²) in [4.78, 5) is 26.7. The Morgan fingerprint density at radius 3 is 2.58 bits per heavy atom. The minimum atomic E-state index is -0.531. The van der Waals surface area contributed by atoms with Gasteiger partial charge in [0.15, 0.2) is 0 Å². The summed E-state index contributed by atoms with van der Waals surface area (Å²) < 4.78 is 5.52. The van der Waals surface area contributed by atoms with E-state index in [-0.39, 0.29) is 17.9 Å². The molecule has 3 atom stereocenters. The molecule has 0 spiro atoms. The van der Waals surface area contributed by atoms with Gasteiger partial charge in [-0.1, -0.05) is 75.4 Å². The molecule has 4 nitrogen and oxygen atoms in total. The number of allylic oxidation sites excluding steroid dienone is 1. The van der Waals surface area contributed by atoms with Gasteiger partial charge in [0.05, 0.1) is 6.04 Å². The number of imide groups is 1. The van der Waals surface area contributed by atoms with Gasteiger partial charge < -0.3 is 4.74 Å². The Labute approximate surface area is 157 Å². The summed E-state index contributed by atoms with van der Waals surface area (Å²) in [6.45, 7) is 7.85. The molecule has 1 aromatic rings. The topological polar surface area (TPSA) is 46.6 Å². The van der Waals surface area contributed by atoms with Gasteiger partial charge >= 0.3 is 6.09 Å². The zero-order valence-electron chi connectivity index (χ0n) is 16.0. The molecule has 0 unspecified atom stereocenters. The predicted octanol–water partition coefficient (Wildman–Crippen LogP) is 5.65. The third kappa shape index (κ3) is 4.96. The van der Waals surface area contributed by atoms with Crippen molar-refractivity contribution >= 4 is 12.0 Å². The molecule has 1 heterocycles. The summed E-state index contributed by atoms with van der Waals surface area (Å²) in [5.74, 6) is -0.324. The van der Waals surface area contributed by atoms with Crippen molar-refractivity contribution in [2.24, 2.45) is 5.92 Å². The highest BCUT2D eigenvalue weighted by atomic mass is 16.6. The van der Waals surface area contributed by atoms with E-state index in [1.807, 2.05) is 37.3 Å². The van der Waals surface area contributed by atoms with Gasteiger partial charge in [0, 0.05) is 5.92 Å². The maximum absolute atomic E-state index is 13.0. The second kappa shape index (κ2) is 10.1. The molecule has 4 heteroatoms. The van der Waals surface area contributed by atoms with Crippen molar-refractivity contribution < 1.29 is 14.3 Å². The van der Waals surface area contributed by atoms with Crippen LogP contribution in [0, 0.1) is 5.92 Å². The predicted molar refractivity (Wildman–Crippen MR) is 104 cm³/mol. The largest absolute Gasteiger partial charge is 0.439 e. The van der Waals surface area contributed by atoms with Crippen molar-refractivity contribution in [3.05, 3.63) is 48.6 Å². The van der Waals surface area contributed by atoms with E-state index < -0.39 is 12.2 Å². The first kappa shape index (κ1) is 20.2. The van der Waals surface area contributed by atoms with Crippen LogP contribution < -0.4 is 0 Å². The Hall–Kier alpha value is -2.10. The monoisotopic (exact) mass is 357 g/mol. The van der Waals surface area contributed by atoms with Crippen LogP contribution >= 0.6 is 0 Å². The number of ether oxygens (including phenoxy) is 1. The maximum Gasteiger partial charge on any atom is 0.417 e. The molecular formula is C22H31NO3. The van der Waals surface area contributed by atoms with E-state index >= 15 is 0 Å². The number of carbonyl (C=O) groups excluding carboxylic acids is 2. The summed E-state index contributed by atoms with van der Waals surface area (Å²) in [5, 5.41) is 0. The number of unbranched alkanes of at least 4 members (excludes halogenated alkanes) is 4. The van der Waals surface area contributed by atoms with Crippen LogP contribution in [-0.4, -0.2) is 22.9 Å². The molecule has 0 aromatic heterocycles. The molecule has 1 aliphatic rings. The minimum absolute atomic E-state index is 0.128. The van der Waals surface area contributed by atoms with Gasteiger partial charge in [-0.15, -0.1) is 6.58 Å². The van der Waals surface area contributed by atoms with Crippen LogP contribution in [0.2, 0.25) is 0 Å². The molecule has 142 valence electrons. The molecule has 0 bridgehead atoms. The highest BCUT2D eigenvalue weighted by molar-refractivity contribution is 5.95. The van der Waals surface area contributed by atoms with E-state index in [9.17, 15) is 9.59 Å². The lowest BCUT2D eigenvalue weighted by Crippen LogP contribution is -2.41. The molecule has 0 N–H and O–H groups in total. The first-order valence-corrected chi connectivity index (χ1v) is 9.79. The van der Waals surface area contributed by atoms with Crippen molar-refractivity contribution in [2.45, 2.75) is 70.9 Å². The SMILES string of the molecule is C=CC[C@H](CCCCCCC)C(=O)N1C(=O)O[C@@H](c2ccccc2)[C@H]1C. The first-order chi connectivity index (χ1) is 12.6. The fourth-order valence-corrected chi connectivity index (χ4v) is 3.58. The van der Waals surface area contributed by atoms with Crippen LogP contribution in [0.25, 0.3) is 0 Å². The summed E-state index contributed by atoms with van der Waals surface area (Å²) in [7, 11) is 0. The Morgan fingerprint density at radius 2 is 1.92 bits per heavy atom. The molecule has 0 radical (unpaired) electrons. The summed E-state index contributed by atoms with van der Waals surface area (Å²) in [5.41, 5.74) is 0.920. The third-order valence-electron chi connectivity index (χ3n) is 5.09. The van der Waals surface area contributed by atoms with E-state index in [1.54, 1.807) is 6.08 Å². The van der Waals surface area contributed by atoms with Crippen molar-refractivity contribution in [3.8, 4) is 0 Å². The molecule has 1 aliphatic heterocycles. The zero-order valence-corrected chi connectivity index (χ0v) is 16.0. The number of amides is 2. The number of hydrogen-bond donors (Lipinski definition) is 0. The smallest absolute Gasteiger partial charge is 0.417 e. The van der Waals surface area contributed by atoms with E-state index in [2.05, 4.69) is 13.5 Å². The first-order valence-electron chi connectivity index (χ1n) is 9.79. The Bertz CT molecular complexity index is 599. The van der Waals surface area contributed by atoms with Crippen LogP contribution in [0.1, 0.15) is 70.5 Å². The molecule has 1 fully saturated rings. The number of hydrogen-bond acceptors (Lipinski definition) is 3. The number of cyclic esters (lactones) is 1. The van der Waals surface area contributed by atoms with Crippen LogP contribution in [0.4, 0.5) is 4.79 Å². The van der Waals surface area contributed by atoms with Crippen LogP contribution in [0.5, 0.6) is 0 Å². The molecule has 0 saturated carbocycles. The van der Waals surface area contributed by atoms with E-state index in [1.165, 1.54) is 24.2 Å². The van der Waals surface area contributed by atoms with Gasteiger partial charge in [0.25, 0.3) is 0 Å².